The van der Waals surface area contributed by atoms with Crippen LogP contribution < -0.4 is 0 Å². The van der Waals surface area contributed by atoms with Crippen LogP contribution in [-0.4, -0.2) is 15.3 Å². The molecule has 0 atom stereocenters. The van der Waals surface area contributed by atoms with Gasteiger partial charge in [-0.25, -0.2) is 9.37 Å². The SMILES string of the molecule is CCSc1ccc(-n2c(C)nc3ccc(F)cc32)cc1. The molecule has 2 nitrogen and oxygen atoms in total. The fourth-order valence-electron chi connectivity index (χ4n) is 2.35. The summed E-state index contributed by atoms with van der Waals surface area (Å²) in [7, 11) is 0. The van der Waals surface area contributed by atoms with Crippen LogP contribution in [0.5, 0.6) is 0 Å². The Morgan fingerprint density at radius 1 is 1.15 bits per heavy atom. The van der Waals surface area contributed by atoms with Crippen molar-refractivity contribution in [2.24, 2.45) is 0 Å². The predicted molar refractivity (Wildman–Crippen MR) is 82.2 cm³/mol. The van der Waals surface area contributed by atoms with E-state index in [1.807, 2.05) is 11.5 Å². The van der Waals surface area contributed by atoms with Crippen molar-refractivity contribution >= 4 is 22.8 Å². The minimum absolute atomic E-state index is 0.239. The van der Waals surface area contributed by atoms with Crippen molar-refractivity contribution in [2.45, 2.75) is 18.7 Å². The Labute approximate surface area is 121 Å². The van der Waals surface area contributed by atoms with Crippen LogP contribution in [0.4, 0.5) is 4.39 Å². The van der Waals surface area contributed by atoms with Crippen LogP contribution in [0.1, 0.15) is 12.7 Å². The van der Waals surface area contributed by atoms with Crippen LogP contribution >= 0.6 is 11.8 Å². The molecule has 0 spiro atoms. The molecule has 0 radical (unpaired) electrons. The molecular formula is C16H15FN2S. The zero-order chi connectivity index (χ0) is 14.1. The van der Waals surface area contributed by atoms with Gasteiger partial charge in [-0.1, -0.05) is 6.92 Å². The molecule has 1 aromatic heterocycles. The summed E-state index contributed by atoms with van der Waals surface area (Å²) >= 11 is 1.81. The van der Waals surface area contributed by atoms with Gasteiger partial charge in [0.1, 0.15) is 11.6 Å². The first-order valence-corrected chi connectivity index (χ1v) is 7.55. The quantitative estimate of drug-likeness (QED) is 0.656. The molecule has 0 aliphatic carbocycles. The molecular weight excluding hydrogens is 271 g/mol. The molecule has 20 heavy (non-hydrogen) atoms. The maximum absolute atomic E-state index is 13.5. The first kappa shape index (κ1) is 13.2. The highest BCUT2D eigenvalue weighted by Crippen LogP contribution is 2.24. The number of thioether (sulfide) groups is 1. The lowest BCUT2D eigenvalue weighted by Gasteiger charge is -2.08. The van der Waals surface area contributed by atoms with Gasteiger partial charge in [0.2, 0.25) is 0 Å². The zero-order valence-corrected chi connectivity index (χ0v) is 12.2. The van der Waals surface area contributed by atoms with E-state index < -0.39 is 0 Å². The lowest BCUT2D eigenvalue weighted by Crippen LogP contribution is -1.96. The summed E-state index contributed by atoms with van der Waals surface area (Å²) in [4.78, 5) is 5.72. The number of hydrogen-bond acceptors (Lipinski definition) is 2. The molecule has 0 bridgehead atoms. The first-order valence-electron chi connectivity index (χ1n) is 6.57. The van der Waals surface area contributed by atoms with E-state index >= 15 is 0 Å². The summed E-state index contributed by atoms with van der Waals surface area (Å²) in [6, 6.07) is 13.0. The highest BCUT2D eigenvalue weighted by Gasteiger charge is 2.10. The highest BCUT2D eigenvalue weighted by molar-refractivity contribution is 7.99. The number of aromatic nitrogens is 2. The number of nitrogens with zero attached hydrogens (tertiary/aromatic N) is 2. The van der Waals surface area contributed by atoms with E-state index in [0.717, 1.165) is 28.3 Å². The van der Waals surface area contributed by atoms with Gasteiger partial charge in [-0.15, -0.1) is 11.8 Å². The number of halogens is 1. The third kappa shape index (κ3) is 2.31. The molecule has 0 fully saturated rings. The summed E-state index contributed by atoms with van der Waals surface area (Å²) in [6.45, 7) is 4.07. The summed E-state index contributed by atoms with van der Waals surface area (Å²) in [5, 5.41) is 0. The number of imidazole rings is 1. The molecule has 1 heterocycles. The van der Waals surface area contributed by atoms with E-state index in [9.17, 15) is 4.39 Å². The molecule has 0 unspecified atom stereocenters. The molecule has 102 valence electrons. The van der Waals surface area contributed by atoms with Gasteiger partial charge in [0.15, 0.2) is 0 Å². The Balaban J connectivity index is 2.13. The van der Waals surface area contributed by atoms with Gasteiger partial charge in [0.05, 0.1) is 11.0 Å². The number of hydrogen-bond donors (Lipinski definition) is 0. The average molecular weight is 286 g/mol. The van der Waals surface area contributed by atoms with Crippen LogP contribution in [0, 0.1) is 12.7 Å². The van der Waals surface area contributed by atoms with E-state index in [2.05, 4.69) is 36.2 Å². The van der Waals surface area contributed by atoms with Gasteiger partial charge in [0, 0.05) is 16.6 Å². The van der Waals surface area contributed by atoms with Crippen molar-refractivity contribution in [2.75, 3.05) is 5.75 Å². The van der Waals surface area contributed by atoms with E-state index in [0.29, 0.717) is 0 Å². The summed E-state index contributed by atoms with van der Waals surface area (Å²) < 4.78 is 15.4. The van der Waals surface area contributed by atoms with Gasteiger partial charge in [-0.3, -0.25) is 4.57 Å². The second-order valence-electron chi connectivity index (χ2n) is 4.55. The van der Waals surface area contributed by atoms with Gasteiger partial charge >= 0.3 is 0 Å². The average Bonchev–Trinajstić information content (AvgIpc) is 2.76. The van der Waals surface area contributed by atoms with Gasteiger partial charge in [0.25, 0.3) is 0 Å². The Kier molecular flexibility index (Phi) is 3.49. The van der Waals surface area contributed by atoms with Crippen LogP contribution in [0.25, 0.3) is 16.7 Å². The fraction of sp³-hybridized carbons (Fsp3) is 0.188. The van der Waals surface area contributed by atoms with Gasteiger partial charge in [-0.2, -0.15) is 0 Å². The molecule has 0 aliphatic rings. The van der Waals surface area contributed by atoms with Crippen molar-refractivity contribution in [3.63, 3.8) is 0 Å². The van der Waals surface area contributed by atoms with Crippen LogP contribution in [0.2, 0.25) is 0 Å². The topological polar surface area (TPSA) is 17.8 Å². The molecule has 0 amide bonds. The summed E-state index contributed by atoms with van der Waals surface area (Å²) in [5.41, 5.74) is 2.63. The van der Waals surface area contributed by atoms with Crippen LogP contribution in [0.15, 0.2) is 47.4 Å². The third-order valence-corrected chi connectivity index (χ3v) is 4.08. The van der Waals surface area contributed by atoms with Crippen molar-refractivity contribution in [1.82, 2.24) is 9.55 Å². The second-order valence-corrected chi connectivity index (χ2v) is 5.89. The minimum Gasteiger partial charge on any atom is -0.296 e. The van der Waals surface area contributed by atoms with E-state index in [1.165, 1.54) is 17.0 Å². The van der Waals surface area contributed by atoms with Crippen molar-refractivity contribution in [3.8, 4) is 5.69 Å². The molecule has 0 N–H and O–H groups in total. The van der Waals surface area contributed by atoms with E-state index in [-0.39, 0.29) is 5.82 Å². The van der Waals surface area contributed by atoms with E-state index in [1.54, 1.807) is 17.8 Å². The molecule has 0 saturated carbocycles. The highest BCUT2D eigenvalue weighted by atomic mass is 32.2. The Morgan fingerprint density at radius 2 is 1.90 bits per heavy atom. The van der Waals surface area contributed by atoms with E-state index in [4.69, 9.17) is 0 Å². The van der Waals surface area contributed by atoms with Crippen LogP contribution in [0.3, 0.4) is 0 Å². The second kappa shape index (κ2) is 5.29. The van der Waals surface area contributed by atoms with Crippen LogP contribution in [-0.2, 0) is 0 Å². The molecule has 0 saturated heterocycles. The summed E-state index contributed by atoms with van der Waals surface area (Å²) in [5.74, 6) is 1.68. The Hall–Kier alpha value is -1.81. The molecule has 0 aliphatic heterocycles. The molecule has 3 aromatic rings. The number of rotatable bonds is 3. The van der Waals surface area contributed by atoms with Gasteiger partial charge in [-0.05, 0) is 49.1 Å². The van der Waals surface area contributed by atoms with Crippen molar-refractivity contribution in [1.29, 1.82) is 0 Å². The molecule has 3 rings (SSSR count). The maximum atomic E-state index is 13.5. The lowest BCUT2D eigenvalue weighted by atomic mass is 10.2. The molecule has 4 heteroatoms. The fourth-order valence-corrected chi connectivity index (χ4v) is 3.01. The summed E-state index contributed by atoms with van der Waals surface area (Å²) in [6.07, 6.45) is 0. The zero-order valence-electron chi connectivity index (χ0n) is 11.4. The van der Waals surface area contributed by atoms with Gasteiger partial charge < -0.3 is 0 Å². The normalized spacial score (nSPS) is 11.2. The van der Waals surface area contributed by atoms with Crippen molar-refractivity contribution in [3.05, 3.63) is 54.1 Å². The Morgan fingerprint density at radius 3 is 2.60 bits per heavy atom. The number of benzene rings is 2. The first-order chi connectivity index (χ1) is 9.69. The standard InChI is InChI=1S/C16H15FN2S/c1-3-20-14-7-5-13(6-8-14)19-11(2)18-15-9-4-12(17)10-16(15)19/h4-10H,3H2,1-2H3. The largest absolute Gasteiger partial charge is 0.296 e. The Bertz CT molecular complexity index is 747. The maximum Gasteiger partial charge on any atom is 0.125 e. The number of fused-ring (bicyclic) bond motifs is 1. The third-order valence-electron chi connectivity index (χ3n) is 3.19. The number of aryl methyl sites for hydroxylation is 1. The predicted octanol–water partition coefficient (Wildman–Crippen LogP) is 4.59. The lowest BCUT2D eigenvalue weighted by molar-refractivity contribution is 0.629. The van der Waals surface area contributed by atoms with Crippen molar-refractivity contribution < 1.29 is 4.39 Å². The monoisotopic (exact) mass is 286 g/mol. The molecule has 2 aromatic carbocycles. The smallest absolute Gasteiger partial charge is 0.125 e. The minimum atomic E-state index is -0.239.